The summed E-state index contributed by atoms with van der Waals surface area (Å²) in [6.07, 6.45) is -0.525. The maximum absolute atomic E-state index is 11.6. The van der Waals surface area contributed by atoms with Gasteiger partial charge in [-0.1, -0.05) is 0 Å². The van der Waals surface area contributed by atoms with Crippen LogP contribution in [-0.4, -0.2) is 29.8 Å². The van der Waals surface area contributed by atoms with E-state index in [0.717, 1.165) is 0 Å². The standard InChI is InChI=1S/C13H16O5/c1-3-17-12(15)8-9(2)18-13(16)10-4-6-11(14)7-5-10/h4-7,9,14H,3,8H2,1-2H3/t9-/m1/s1. The Kier molecular flexibility index (Phi) is 5.17. The van der Waals surface area contributed by atoms with Crippen molar-refractivity contribution in [3.8, 4) is 5.75 Å². The smallest absolute Gasteiger partial charge is 0.338 e. The molecule has 0 radical (unpaired) electrons. The summed E-state index contributed by atoms with van der Waals surface area (Å²) < 4.78 is 9.82. The minimum Gasteiger partial charge on any atom is -0.508 e. The number of phenols is 1. The lowest BCUT2D eigenvalue weighted by Crippen LogP contribution is -2.20. The van der Waals surface area contributed by atoms with Gasteiger partial charge in [-0.15, -0.1) is 0 Å². The number of hydrogen-bond donors (Lipinski definition) is 1. The molecule has 5 nitrogen and oxygen atoms in total. The molecule has 0 aliphatic carbocycles. The molecule has 0 aromatic heterocycles. The Hall–Kier alpha value is -2.04. The summed E-state index contributed by atoms with van der Waals surface area (Å²) in [7, 11) is 0. The van der Waals surface area contributed by atoms with Crippen molar-refractivity contribution < 1.29 is 24.2 Å². The van der Waals surface area contributed by atoms with Crippen LogP contribution in [0, 0.1) is 0 Å². The number of hydrogen-bond acceptors (Lipinski definition) is 5. The quantitative estimate of drug-likeness (QED) is 0.810. The second-order valence-corrected chi connectivity index (χ2v) is 3.77. The maximum Gasteiger partial charge on any atom is 0.338 e. The van der Waals surface area contributed by atoms with Crippen molar-refractivity contribution in [3.63, 3.8) is 0 Å². The highest BCUT2D eigenvalue weighted by atomic mass is 16.6. The Morgan fingerprint density at radius 1 is 1.28 bits per heavy atom. The van der Waals surface area contributed by atoms with E-state index in [-0.39, 0.29) is 12.2 Å². The van der Waals surface area contributed by atoms with E-state index in [1.165, 1.54) is 24.3 Å². The molecular weight excluding hydrogens is 236 g/mol. The van der Waals surface area contributed by atoms with Gasteiger partial charge in [0.15, 0.2) is 0 Å². The Bertz CT molecular complexity index is 410. The molecule has 0 heterocycles. The zero-order valence-electron chi connectivity index (χ0n) is 10.4. The van der Waals surface area contributed by atoms with E-state index >= 15 is 0 Å². The first-order valence-electron chi connectivity index (χ1n) is 5.68. The first-order valence-corrected chi connectivity index (χ1v) is 5.68. The SMILES string of the molecule is CCOC(=O)C[C@@H](C)OC(=O)c1ccc(O)cc1. The zero-order chi connectivity index (χ0) is 13.5. The average Bonchev–Trinajstić information content (AvgIpc) is 2.29. The van der Waals surface area contributed by atoms with Crippen LogP contribution in [0.4, 0.5) is 0 Å². The summed E-state index contributed by atoms with van der Waals surface area (Å²) in [5, 5.41) is 9.09. The summed E-state index contributed by atoms with van der Waals surface area (Å²) in [5.41, 5.74) is 0.323. The number of esters is 2. The molecule has 0 saturated carbocycles. The van der Waals surface area contributed by atoms with Crippen molar-refractivity contribution in [1.29, 1.82) is 0 Å². The molecule has 0 amide bonds. The van der Waals surface area contributed by atoms with Crippen LogP contribution < -0.4 is 0 Å². The number of benzene rings is 1. The van der Waals surface area contributed by atoms with Crippen LogP contribution in [0.15, 0.2) is 24.3 Å². The van der Waals surface area contributed by atoms with Gasteiger partial charge in [0.25, 0.3) is 0 Å². The number of phenolic OH excluding ortho intramolecular Hbond substituents is 1. The van der Waals surface area contributed by atoms with E-state index in [2.05, 4.69) is 0 Å². The van der Waals surface area contributed by atoms with Gasteiger partial charge in [0.2, 0.25) is 0 Å². The third kappa shape index (κ3) is 4.45. The molecule has 98 valence electrons. The Balaban J connectivity index is 2.49. The first-order chi connectivity index (χ1) is 8.52. The van der Waals surface area contributed by atoms with Crippen molar-refractivity contribution in [2.75, 3.05) is 6.61 Å². The monoisotopic (exact) mass is 252 g/mol. The summed E-state index contributed by atoms with van der Waals surface area (Å²) in [4.78, 5) is 22.8. The van der Waals surface area contributed by atoms with Gasteiger partial charge >= 0.3 is 11.9 Å². The van der Waals surface area contributed by atoms with Crippen LogP contribution in [0.3, 0.4) is 0 Å². The minimum atomic E-state index is -0.551. The highest BCUT2D eigenvalue weighted by molar-refractivity contribution is 5.89. The van der Waals surface area contributed by atoms with Crippen LogP contribution in [0.25, 0.3) is 0 Å². The number of aromatic hydroxyl groups is 1. The van der Waals surface area contributed by atoms with Gasteiger partial charge in [-0.25, -0.2) is 4.79 Å². The topological polar surface area (TPSA) is 72.8 Å². The van der Waals surface area contributed by atoms with Gasteiger partial charge in [0, 0.05) is 0 Å². The largest absolute Gasteiger partial charge is 0.508 e. The van der Waals surface area contributed by atoms with Gasteiger partial charge < -0.3 is 14.6 Å². The number of rotatable bonds is 5. The number of carbonyl (C=O) groups is 2. The molecule has 1 atom stereocenters. The van der Waals surface area contributed by atoms with Crippen LogP contribution in [-0.2, 0) is 14.3 Å². The molecule has 0 aliphatic rings. The molecule has 1 aromatic rings. The van der Waals surface area contributed by atoms with E-state index in [1.54, 1.807) is 13.8 Å². The second kappa shape index (κ2) is 6.64. The maximum atomic E-state index is 11.6. The molecule has 1 rings (SSSR count). The molecule has 0 bridgehead atoms. The second-order valence-electron chi connectivity index (χ2n) is 3.77. The molecule has 0 fully saturated rings. The van der Waals surface area contributed by atoms with Crippen molar-refractivity contribution >= 4 is 11.9 Å². The van der Waals surface area contributed by atoms with Crippen LogP contribution in [0.5, 0.6) is 5.75 Å². The molecule has 0 spiro atoms. The van der Waals surface area contributed by atoms with E-state index in [0.29, 0.717) is 12.2 Å². The van der Waals surface area contributed by atoms with Crippen LogP contribution in [0.1, 0.15) is 30.6 Å². The summed E-state index contributed by atoms with van der Waals surface area (Å²) in [6, 6.07) is 5.70. The predicted molar refractivity (Wildman–Crippen MR) is 64.2 cm³/mol. The molecule has 1 aromatic carbocycles. The third-order valence-corrected chi connectivity index (χ3v) is 2.17. The average molecular weight is 252 g/mol. The highest BCUT2D eigenvalue weighted by Crippen LogP contribution is 2.12. The number of carbonyl (C=O) groups excluding carboxylic acids is 2. The lowest BCUT2D eigenvalue weighted by Gasteiger charge is -2.12. The fourth-order valence-electron chi connectivity index (χ4n) is 1.34. The van der Waals surface area contributed by atoms with Gasteiger partial charge in [-0.05, 0) is 38.1 Å². The Labute approximate surface area is 105 Å². The Morgan fingerprint density at radius 3 is 2.44 bits per heavy atom. The van der Waals surface area contributed by atoms with E-state index in [4.69, 9.17) is 14.6 Å². The summed E-state index contributed by atoms with van der Waals surface area (Å²) >= 11 is 0. The fraction of sp³-hybridized carbons (Fsp3) is 0.385. The van der Waals surface area contributed by atoms with Crippen LogP contribution >= 0.6 is 0 Å². The molecule has 0 saturated heterocycles. The predicted octanol–water partition coefficient (Wildman–Crippen LogP) is 1.89. The first kappa shape index (κ1) is 14.0. The molecule has 1 N–H and O–H groups in total. The number of ether oxygens (including phenoxy) is 2. The molecule has 5 heteroatoms. The van der Waals surface area contributed by atoms with Gasteiger partial charge in [-0.3, -0.25) is 4.79 Å². The van der Waals surface area contributed by atoms with Crippen molar-refractivity contribution in [2.45, 2.75) is 26.4 Å². The Morgan fingerprint density at radius 2 is 1.89 bits per heavy atom. The molecule has 0 unspecified atom stereocenters. The zero-order valence-corrected chi connectivity index (χ0v) is 10.4. The minimum absolute atomic E-state index is 0.0255. The van der Waals surface area contributed by atoms with Gasteiger partial charge in [0.05, 0.1) is 18.6 Å². The lowest BCUT2D eigenvalue weighted by atomic mass is 10.2. The third-order valence-electron chi connectivity index (χ3n) is 2.17. The van der Waals surface area contributed by atoms with E-state index in [9.17, 15) is 9.59 Å². The molecule has 0 aliphatic heterocycles. The van der Waals surface area contributed by atoms with Crippen molar-refractivity contribution in [3.05, 3.63) is 29.8 Å². The molecule has 18 heavy (non-hydrogen) atoms. The normalized spacial score (nSPS) is 11.7. The van der Waals surface area contributed by atoms with Crippen LogP contribution in [0.2, 0.25) is 0 Å². The van der Waals surface area contributed by atoms with Crippen molar-refractivity contribution in [2.24, 2.45) is 0 Å². The summed E-state index contributed by atoms with van der Waals surface area (Å²) in [5.74, 6) is -0.860. The van der Waals surface area contributed by atoms with Crippen molar-refractivity contribution in [1.82, 2.24) is 0 Å². The fourth-order valence-corrected chi connectivity index (χ4v) is 1.34. The summed E-state index contributed by atoms with van der Waals surface area (Å²) in [6.45, 7) is 3.64. The van der Waals surface area contributed by atoms with Gasteiger partial charge in [-0.2, -0.15) is 0 Å². The van der Waals surface area contributed by atoms with E-state index < -0.39 is 18.0 Å². The van der Waals surface area contributed by atoms with E-state index in [1.807, 2.05) is 0 Å². The highest BCUT2D eigenvalue weighted by Gasteiger charge is 2.15. The molecular formula is C13H16O5. The lowest BCUT2D eigenvalue weighted by molar-refractivity contribution is -0.145. The van der Waals surface area contributed by atoms with Gasteiger partial charge in [0.1, 0.15) is 11.9 Å².